The molecule has 5 rings (SSSR count). The van der Waals surface area contributed by atoms with E-state index in [1.165, 1.54) is 28.6 Å². The highest BCUT2D eigenvalue weighted by molar-refractivity contribution is 7.89. The molecule has 4 aromatic rings. The molecule has 0 N–H and O–H groups in total. The average molecular weight is 483 g/mol. The highest BCUT2D eigenvalue weighted by atomic mass is 32.2. The van der Waals surface area contributed by atoms with Crippen LogP contribution in [0, 0.1) is 11.6 Å². The van der Waals surface area contributed by atoms with Crippen LogP contribution in [0.2, 0.25) is 0 Å². The van der Waals surface area contributed by atoms with Crippen molar-refractivity contribution in [3.63, 3.8) is 0 Å². The number of hydrogen-bond donors (Lipinski definition) is 0. The Bertz CT molecular complexity index is 1400. The Labute approximate surface area is 195 Å². The smallest absolute Gasteiger partial charge is 0.248 e. The third-order valence-corrected chi connectivity index (χ3v) is 7.59. The molecule has 0 aliphatic carbocycles. The van der Waals surface area contributed by atoms with Crippen LogP contribution in [0.15, 0.2) is 82.1 Å². The Morgan fingerprint density at radius 3 is 2.09 bits per heavy atom. The zero-order valence-electron chi connectivity index (χ0n) is 17.9. The average Bonchev–Trinajstić information content (AvgIpc) is 3.36. The first-order chi connectivity index (χ1) is 16.4. The predicted octanol–water partition coefficient (Wildman–Crippen LogP) is 4.19. The third kappa shape index (κ3) is 4.29. The summed E-state index contributed by atoms with van der Waals surface area (Å²) in [5.74, 6) is -0.817. The van der Waals surface area contributed by atoms with E-state index in [9.17, 15) is 17.2 Å². The van der Waals surface area contributed by atoms with Gasteiger partial charge in [0.15, 0.2) is 0 Å². The molecule has 0 unspecified atom stereocenters. The highest BCUT2D eigenvalue weighted by Gasteiger charge is 2.31. The van der Waals surface area contributed by atoms with Crippen LogP contribution in [0.3, 0.4) is 0 Å². The van der Waals surface area contributed by atoms with Crippen LogP contribution in [0.1, 0.15) is 0 Å². The molecule has 2 heterocycles. The summed E-state index contributed by atoms with van der Waals surface area (Å²) in [6.45, 7) is 1.14. The molecule has 1 aliphatic rings. The van der Waals surface area contributed by atoms with Crippen molar-refractivity contribution in [2.45, 2.75) is 4.90 Å². The number of nitrogens with zero attached hydrogens (tertiary/aromatic N) is 4. The van der Waals surface area contributed by atoms with Gasteiger partial charge in [0.1, 0.15) is 16.5 Å². The minimum Gasteiger partial charge on any atom is -0.416 e. The van der Waals surface area contributed by atoms with Gasteiger partial charge >= 0.3 is 0 Å². The number of sulfonamides is 1. The summed E-state index contributed by atoms with van der Waals surface area (Å²) in [5.41, 5.74) is 1.83. The van der Waals surface area contributed by atoms with Gasteiger partial charge in [0.25, 0.3) is 0 Å². The van der Waals surface area contributed by atoms with Gasteiger partial charge in [-0.1, -0.05) is 18.2 Å². The Morgan fingerprint density at radius 1 is 0.765 bits per heavy atom. The van der Waals surface area contributed by atoms with E-state index in [0.717, 1.165) is 17.3 Å². The number of rotatable bonds is 5. The Hall–Kier alpha value is -3.63. The molecule has 34 heavy (non-hydrogen) atoms. The molecule has 0 atom stereocenters. The maximum absolute atomic E-state index is 14.7. The van der Waals surface area contributed by atoms with Gasteiger partial charge in [0.05, 0.1) is 0 Å². The summed E-state index contributed by atoms with van der Waals surface area (Å²) in [6.07, 6.45) is 0. The first-order valence-electron chi connectivity index (χ1n) is 10.6. The summed E-state index contributed by atoms with van der Waals surface area (Å²) in [5, 5.41) is 8.01. The zero-order valence-corrected chi connectivity index (χ0v) is 18.8. The first-order valence-corrected chi connectivity index (χ1v) is 12.1. The Morgan fingerprint density at radius 2 is 1.41 bits per heavy atom. The molecule has 0 saturated carbocycles. The lowest BCUT2D eigenvalue weighted by molar-refractivity contribution is 0.382. The summed E-state index contributed by atoms with van der Waals surface area (Å²) in [4.78, 5) is 1.52. The summed E-state index contributed by atoms with van der Waals surface area (Å²) in [7, 11) is -4.10. The van der Waals surface area contributed by atoms with E-state index in [0.29, 0.717) is 18.7 Å². The van der Waals surface area contributed by atoms with Gasteiger partial charge in [-0.05, 0) is 54.6 Å². The van der Waals surface area contributed by atoms with Crippen LogP contribution in [0.4, 0.5) is 14.5 Å². The van der Waals surface area contributed by atoms with Crippen molar-refractivity contribution in [1.82, 2.24) is 14.5 Å². The van der Waals surface area contributed by atoms with Gasteiger partial charge in [0, 0.05) is 43.0 Å². The van der Waals surface area contributed by atoms with Gasteiger partial charge in [-0.25, -0.2) is 17.2 Å². The normalized spacial score (nSPS) is 14.9. The van der Waals surface area contributed by atoms with Crippen LogP contribution in [-0.4, -0.2) is 49.1 Å². The monoisotopic (exact) mass is 482 g/mol. The van der Waals surface area contributed by atoms with E-state index in [1.54, 1.807) is 12.1 Å². The molecule has 7 nitrogen and oxygen atoms in total. The third-order valence-electron chi connectivity index (χ3n) is 5.67. The molecule has 1 saturated heterocycles. The van der Waals surface area contributed by atoms with Crippen molar-refractivity contribution in [3.8, 4) is 22.9 Å². The number of halogens is 2. The van der Waals surface area contributed by atoms with Gasteiger partial charge in [0.2, 0.25) is 21.8 Å². The standard InChI is InChI=1S/C24H20F2N4O3S/c25-19-7-9-20(10-8-19)29-12-14-30(15-13-29)34(31,32)22-16-18(6-11-21(22)26)24-28-27-23(33-24)17-4-2-1-3-5-17/h1-11,16H,12-15H2. The molecule has 3 aromatic carbocycles. The molecular formula is C24H20F2N4O3S. The quantitative estimate of drug-likeness (QED) is 0.424. The van der Waals surface area contributed by atoms with E-state index in [4.69, 9.17) is 4.42 Å². The maximum atomic E-state index is 14.7. The van der Waals surface area contributed by atoms with Crippen LogP contribution in [0.5, 0.6) is 0 Å². The molecule has 0 amide bonds. The SMILES string of the molecule is O=S(=O)(c1cc(-c2nnc(-c3ccccc3)o2)ccc1F)N1CCN(c2ccc(F)cc2)CC1. The molecule has 0 spiro atoms. The van der Waals surface area contributed by atoms with E-state index in [2.05, 4.69) is 10.2 Å². The molecule has 10 heteroatoms. The van der Waals surface area contributed by atoms with Crippen molar-refractivity contribution >= 4 is 15.7 Å². The molecular weight excluding hydrogens is 462 g/mol. The summed E-state index contributed by atoms with van der Waals surface area (Å²) in [6, 6.07) is 18.9. The summed E-state index contributed by atoms with van der Waals surface area (Å²) < 4.78 is 61.3. The number of aromatic nitrogens is 2. The van der Waals surface area contributed by atoms with Crippen molar-refractivity contribution in [3.05, 3.63) is 84.4 Å². The maximum Gasteiger partial charge on any atom is 0.248 e. The van der Waals surface area contributed by atoms with Gasteiger partial charge < -0.3 is 9.32 Å². The Kier molecular flexibility index (Phi) is 5.84. The number of hydrogen-bond acceptors (Lipinski definition) is 6. The van der Waals surface area contributed by atoms with E-state index >= 15 is 0 Å². The highest BCUT2D eigenvalue weighted by Crippen LogP contribution is 2.29. The van der Waals surface area contributed by atoms with Crippen LogP contribution in [0.25, 0.3) is 22.9 Å². The van der Waals surface area contributed by atoms with Crippen molar-refractivity contribution < 1.29 is 21.6 Å². The molecule has 0 bridgehead atoms. The fourth-order valence-corrected chi connectivity index (χ4v) is 5.36. The number of anilines is 1. The molecule has 1 aromatic heterocycles. The van der Waals surface area contributed by atoms with E-state index < -0.39 is 20.7 Å². The lowest BCUT2D eigenvalue weighted by Gasteiger charge is -2.35. The topological polar surface area (TPSA) is 79.5 Å². The second-order valence-corrected chi connectivity index (χ2v) is 9.70. The Balaban J connectivity index is 1.37. The summed E-state index contributed by atoms with van der Waals surface area (Å²) >= 11 is 0. The van der Waals surface area contributed by atoms with Crippen molar-refractivity contribution in [2.75, 3.05) is 31.1 Å². The molecule has 1 aliphatic heterocycles. The minimum atomic E-state index is -4.10. The van der Waals surface area contributed by atoms with Crippen LogP contribution in [-0.2, 0) is 10.0 Å². The van der Waals surface area contributed by atoms with Gasteiger partial charge in [-0.2, -0.15) is 4.31 Å². The van der Waals surface area contributed by atoms with Crippen LogP contribution < -0.4 is 4.90 Å². The number of piperazine rings is 1. The largest absolute Gasteiger partial charge is 0.416 e. The fourth-order valence-electron chi connectivity index (χ4n) is 3.85. The number of benzene rings is 3. The lowest BCUT2D eigenvalue weighted by atomic mass is 10.2. The molecule has 0 radical (unpaired) electrons. The van der Waals surface area contributed by atoms with Crippen molar-refractivity contribution in [2.24, 2.45) is 0 Å². The fraction of sp³-hybridized carbons (Fsp3) is 0.167. The van der Waals surface area contributed by atoms with Crippen LogP contribution >= 0.6 is 0 Å². The van der Waals surface area contributed by atoms with E-state index in [1.807, 2.05) is 35.2 Å². The van der Waals surface area contributed by atoms with Gasteiger partial charge in [-0.3, -0.25) is 0 Å². The lowest BCUT2D eigenvalue weighted by Crippen LogP contribution is -2.48. The minimum absolute atomic E-state index is 0.0939. The van der Waals surface area contributed by atoms with E-state index in [-0.39, 0.29) is 30.7 Å². The predicted molar refractivity (Wildman–Crippen MR) is 122 cm³/mol. The second kappa shape index (κ2) is 8.96. The molecule has 1 fully saturated rings. The molecule has 174 valence electrons. The van der Waals surface area contributed by atoms with Crippen molar-refractivity contribution in [1.29, 1.82) is 0 Å². The first kappa shape index (κ1) is 22.2. The zero-order chi connectivity index (χ0) is 23.7. The van der Waals surface area contributed by atoms with Gasteiger partial charge in [-0.15, -0.1) is 10.2 Å². The second-order valence-electron chi connectivity index (χ2n) is 7.79.